The van der Waals surface area contributed by atoms with Gasteiger partial charge in [0.05, 0.1) is 12.4 Å². The Hall–Kier alpha value is -1.38. The van der Waals surface area contributed by atoms with Gasteiger partial charge in [0, 0.05) is 12.0 Å². The molecule has 2 aromatic rings. The fourth-order valence-corrected chi connectivity index (χ4v) is 4.97. The van der Waals surface area contributed by atoms with Crippen LogP contribution in [0.4, 0.5) is 0 Å². The van der Waals surface area contributed by atoms with Gasteiger partial charge in [-0.1, -0.05) is 65.2 Å². The molecule has 0 unspecified atom stereocenters. The van der Waals surface area contributed by atoms with E-state index in [1.165, 1.54) is 34.9 Å². The van der Waals surface area contributed by atoms with Crippen molar-refractivity contribution >= 4 is 46.6 Å². The first-order valence-electron chi connectivity index (χ1n) is 6.60. The molecule has 0 spiro atoms. The molecular weight excluding hydrogens is 340 g/mol. The minimum Gasteiger partial charge on any atom is -0.465 e. The molecule has 0 saturated carbocycles. The number of hydrogen-bond acceptors (Lipinski definition) is 8. The first-order valence-corrected chi connectivity index (χ1v) is 9.28. The third-order valence-electron chi connectivity index (χ3n) is 2.94. The van der Waals surface area contributed by atoms with Crippen molar-refractivity contribution in [1.29, 1.82) is 0 Å². The van der Waals surface area contributed by atoms with Crippen LogP contribution in [0.2, 0.25) is 0 Å². The molecule has 1 saturated heterocycles. The van der Waals surface area contributed by atoms with Crippen molar-refractivity contribution in [2.75, 3.05) is 12.4 Å². The number of aromatic nitrogens is 2. The fourth-order valence-electron chi connectivity index (χ4n) is 1.84. The van der Waals surface area contributed by atoms with Crippen LogP contribution in [0.15, 0.2) is 39.0 Å². The number of Topliss-reactive ketones (excluding diaryl/α,β-unsaturated/α-hetero) is 1. The lowest BCUT2D eigenvalue weighted by Crippen LogP contribution is -2.08. The van der Waals surface area contributed by atoms with Crippen LogP contribution in [0.5, 0.6) is 0 Å². The van der Waals surface area contributed by atoms with E-state index in [9.17, 15) is 9.59 Å². The minimum absolute atomic E-state index is 0.0642. The molecule has 3 rings (SSSR count). The van der Waals surface area contributed by atoms with E-state index < -0.39 is 0 Å². The molecule has 1 aromatic carbocycles. The summed E-state index contributed by atoms with van der Waals surface area (Å²) in [6, 6.07) is 9.18. The van der Waals surface area contributed by atoms with Crippen molar-refractivity contribution in [1.82, 2.24) is 10.2 Å². The van der Waals surface area contributed by atoms with Gasteiger partial charge in [-0.05, 0) is 0 Å². The smallest absolute Gasteiger partial charge is 0.319 e. The normalized spacial score (nSPS) is 17.5. The van der Waals surface area contributed by atoms with Gasteiger partial charge in [-0.3, -0.25) is 9.59 Å². The number of cyclic esters (lactones) is 1. The maximum Gasteiger partial charge on any atom is 0.319 e. The molecule has 1 aromatic heterocycles. The number of esters is 1. The minimum atomic E-state index is -0.186. The highest BCUT2D eigenvalue weighted by Gasteiger charge is 2.28. The van der Waals surface area contributed by atoms with Crippen molar-refractivity contribution in [3.05, 3.63) is 35.9 Å². The third kappa shape index (κ3) is 3.88. The van der Waals surface area contributed by atoms with Crippen molar-refractivity contribution in [2.24, 2.45) is 0 Å². The Kier molecular flexibility index (Phi) is 5.12. The van der Waals surface area contributed by atoms with E-state index in [1.807, 2.05) is 18.2 Å². The zero-order chi connectivity index (χ0) is 15.4. The second kappa shape index (κ2) is 7.26. The summed E-state index contributed by atoms with van der Waals surface area (Å²) in [6.45, 7) is 0.475. The summed E-state index contributed by atoms with van der Waals surface area (Å²) in [5.41, 5.74) is 0.697. The standard InChI is InChI=1S/C14H12N2O3S3/c17-10(9-4-2-1-3-5-9)8-20-13-15-16-14(22-13)21-11-6-7-19-12(11)18/h1-5,11H,6-8H2/t11-/m0/s1. The Labute approximate surface area is 139 Å². The van der Waals surface area contributed by atoms with E-state index in [0.29, 0.717) is 24.3 Å². The molecule has 2 heterocycles. The van der Waals surface area contributed by atoms with E-state index >= 15 is 0 Å². The molecule has 0 amide bonds. The molecule has 0 aliphatic carbocycles. The van der Waals surface area contributed by atoms with Crippen LogP contribution >= 0.6 is 34.9 Å². The second-order valence-electron chi connectivity index (χ2n) is 4.47. The van der Waals surface area contributed by atoms with E-state index in [1.54, 1.807) is 12.1 Å². The highest BCUT2D eigenvalue weighted by atomic mass is 32.2. The summed E-state index contributed by atoms with van der Waals surface area (Å²) in [6.07, 6.45) is 0.706. The van der Waals surface area contributed by atoms with E-state index in [4.69, 9.17) is 4.74 Å². The third-order valence-corrected chi connectivity index (χ3v) is 6.33. The molecule has 8 heteroatoms. The van der Waals surface area contributed by atoms with Gasteiger partial charge in [0.2, 0.25) is 0 Å². The van der Waals surface area contributed by atoms with Gasteiger partial charge >= 0.3 is 5.97 Å². The van der Waals surface area contributed by atoms with Gasteiger partial charge in [-0.2, -0.15) is 0 Å². The summed E-state index contributed by atoms with van der Waals surface area (Å²) < 4.78 is 6.39. The molecule has 22 heavy (non-hydrogen) atoms. The van der Waals surface area contributed by atoms with Crippen molar-refractivity contribution in [3.63, 3.8) is 0 Å². The highest BCUT2D eigenvalue weighted by Crippen LogP contribution is 2.34. The monoisotopic (exact) mass is 352 g/mol. The number of carbonyl (C=O) groups excluding carboxylic acids is 2. The lowest BCUT2D eigenvalue weighted by atomic mass is 10.2. The quantitative estimate of drug-likeness (QED) is 0.450. The molecular formula is C14H12N2O3S3. The van der Waals surface area contributed by atoms with Crippen LogP contribution in [0, 0.1) is 0 Å². The summed E-state index contributed by atoms with van der Waals surface area (Å²) in [7, 11) is 0. The molecule has 0 radical (unpaired) electrons. The van der Waals surface area contributed by atoms with E-state index in [-0.39, 0.29) is 17.0 Å². The van der Waals surface area contributed by atoms with Gasteiger partial charge in [0.25, 0.3) is 0 Å². The summed E-state index contributed by atoms with van der Waals surface area (Å²) in [4.78, 5) is 23.4. The fraction of sp³-hybridized carbons (Fsp3) is 0.286. The van der Waals surface area contributed by atoms with Gasteiger partial charge in [-0.25, -0.2) is 0 Å². The molecule has 1 aliphatic rings. The first kappa shape index (κ1) is 15.5. The van der Waals surface area contributed by atoms with Crippen LogP contribution in [0.25, 0.3) is 0 Å². The average molecular weight is 352 g/mol. The van der Waals surface area contributed by atoms with Crippen molar-refractivity contribution in [2.45, 2.75) is 20.4 Å². The summed E-state index contributed by atoms with van der Waals surface area (Å²) >= 11 is 4.15. The van der Waals surface area contributed by atoms with Crippen LogP contribution < -0.4 is 0 Å². The topological polar surface area (TPSA) is 69.2 Å². The van der Waals surface area contributed by atoms with Crippen LogP contribution in [-0.4, -0.2) is 39.6 Å². The van der Waals surface area contributed by atoms with Crippen LogP contribution in [0.1, 0.15) is 16.8 Å². The molecule has 1 fully saturated rings. The van der Waals surface area contributed by atoms with Gasteiger partial charge in [0.15, 0.2) is 14.5 Å². The largest absolute Gasteiger partial charge is 0.465 e. The summed E-state index contributed by atoms with van der Waals surface area (Å²) in [5.74, 6) is 0.206. The SMILES string of the molecule is O=C(CSc1nnc(S[C@H]2CCOC2=O)s1)c1ccccc1. The molecule has 114 valence electrons. The Morgan fingerprint density at radius 2 is 2.05 bits per heavy atom. The average Bonchev–Trinajstić information content (AvgIpc) is 3.16. The lowest BCUT2D eigenvalue weighted by Gasteiger charge is -1.99. The molecule has 0 N–H and O–H groups in total. The Balaban J connectivity index is 1.53. The zero-order valence-corrected chi connectivity index (χ0v) is 13.9. The van der Waals surface area contributed by atoms with Crippen molar-refractivity contribution < 1.29 is 14.3 Å². The Morgan fingerprint density at radius 1 is 1.27 bits per heavy atom. The number of ether oxygens (including phenoxy) is 1. The predicted molar refractivity (Wildman–Crippen MR) is 86.6 cm³/mol. The van der Waals surface area contributed by atoms with E-state index in [2.05, 4.69) is 10.2 Å². The number of hydrogen-bond donors (Lipinski definition) is 0. The Morgan fingerprint density at radius 3 is 2.77 bits per heavy atom. The second-order valence-corrected chi connectivity index (χ2v) is 8.12. The number of thioether (sulfide) groups is 2. The number of benzene rings is 1. The number of nitrogens with zero attached hydrogens (tertiary/aromatic N) is 2. The van der Waals surface area contributed by atoms with Gasteiger partial charge < -0.3 is 4.74 Å². The Bertz CT molecular complexity index is 675. The van der Waals surface area contributed by atoms with Gasteiger partial charge in [0.1, 0.15) is 5.25 Å². The zero-order valence-electron chi connectivity index (χ0n) is 11.4. The van der Waals surface area contributed by atoms with Gasteiger partial charge in [-0.15, -0.1) is 10.2 Å². The maximum atomic E-state index is 12.0. The predicted octanol–water partition coefficient (Wildman–Crippen LogP) is 2.92. The molecule has 5 nitrogen and oxygen atoms in total. The lowest BCUT2D eigenvalue weighted by molar-refractivity contribution is -0.137. The maximum absolute atomic E-state index is 12.0. The number of rotatable bonds is 6. The highest BCUT2D eigenvalue weighted by molar-refractivity contribution is 8.04. The molecule has 1 aliphatic heterocycles. The van der Waals surface area contributed by atoms with Crippen LogP contribution in [-0.2, 0) is 9.53 Å². The number of ketones is 1. The molecule has 0 bridgehead atoms. The summed E-state index contributed by atoms with van der Waals surface area (Å²) in [5, 5.41) is 7.93. The first-order chi connectivity index (χ1) is 10.7. The van der Waals surface area contributed by atoms with Crippen molar-refractivity contribution in [3.8, 4) is 0 Å². The van der Waals surface area contributed by atoms with Crippen LogP contribution in [0.3, 0.4) is 0 Å². The van der Waals surface area contributed by atoms with E-state index in [0.717, 1.165) is 8.68 Å². The number of carbonyl (C=O) groups is 2. The molecule has 1 atom stereocenters.